The molecule has 1 aromatic heterocycles. The Labute approximate surface area is 204 Å². The van der Waals surface area contributed by atoms with Gasteiger partial charge in [0.25, 0.3) is 5.91 Å². The first kappa shape index (κ1) is 24.2. The summed E-state index contributed by atoms with van der Waals surface area (Å²) in [6, 6.07) is 23.8. The van der Waals surface area contributed by atoms with Crippen LogP contribution in [0.3, 0.4) is 0 Å². The van der Waals surface area contributed by atoms with Gasteiger partial charge in [-0.1, -0.05) is 42.5 Å². The van der Waals surface area contributed by atoms with E-state index in [1.165, 1.54) is 18.4 Å². The first-order valence-corrected chi connectivity index (χ1v) is 11.5. The lowest BCUT2D eigenvalue weighted by atomic mass is 10.1. The van der Waals surface area contributed by atoms with E-state index in [1.807, 2.05) is 48.5 Å². The highest BCUT2D eigenvalue weighted by Crippen LogP contribution is 2.23. The number of aromatic nitrogens is 1. The van der Waals surface area contributed by atoms with Crippen LogP contribution in [0.5, 0.6) is 11.5 Å². The zero-order valence-corrected chi connectivity index (χ0v) is 19.8. The quantitative estimate of drug-likeness (QED) is 0.308. The van der Waals surface area contributed by atoms with Crippen LogP contribution in [0.15, 0.2) is 89.5 Å². The highest BCUT2D eigenvalue weighted by Gasteiger charge is 2.17. The number of para-hydroxylation sites is 1. The molecule has 1 N–H and O–H groups in total. The molecule has 0 fully saturated rings. The molecule has 0 aliphatic carbocycles. The molecule has 3 aromatic carbocycles. The second-order valence-electron chi connectivity index (χ2n) is 8.50. The Morgan fingerprint density at radius 2 is 1.71 bits per heavy atom. The maximum Gasteiger partial charge on any atom is 0.273 e. The van der Waals surface area contributed by atoms with Crippen LogP contribution >= 0.6 is 0 Å². The lowest BCUT2D eigenvalue weighted by Crippen LogP contribution is -2.30. The minimum absolute atomic E-state index is 0.212. The van der Waals surface area contributed by atoms with Crippen LogP contribution in [0.2, 0.25) is 0 Å². The average Bonchev–Trinajstić information content (AvgIpc) is 3.33. The van der Waals surface area contributed by atoms with Gasteiger partial charge in [0.2, 0.25) is 5.89 Å². The lowest BCUT2D eigenvalue weighted by Gasteiger charge is -2.25. The summed E-state index contributed by atoms with van der Waals surface area (Å²) in [7, 11) is 0. The summed E-state index contributed by atoms with van der Waals surface area (Å²) in [4.78, 5) is 19.0. The number of benzene rings is 3. The summed E-state index contributed by atoms with van der Waals surface area (Å²) in [6.07, 6.45) is 1.36. The fraction of sp³-hybridized carbons (Fsp3) is 0.214. The maximum atomic E-state index is 13.0. The molecule has 0 spiro atoms. The molecule has 0 unspecified atom stereocenters. The van der Waals surface area contributed by atoms with Crippen molar-refractivity contribution in [3.05, 3.63) is 114 Å². The molecule has 1 amide bonds. The largest absolute Gasteiger partial charge is 0.457 e. The van der Waals surface area contributed by atoms with Gasteiger partial charge < -0.3 is 14.5 Å². The second-order valence-corrected chi connectivity index (χ2v) is 8.50. The number of nitrogens with one attached hydrogen (secondary N) is 1. The van der Waals surface area contributed by atoms with Crippen molar-refractivity contribution in [1.82, 2.24) is 15.2 Å². The number of hydrogen-bond acceptors (Lipinski definition) is 5. The maximum absolute atomic E-state index is 13.0. The Balaban J connectivity index is 1.36. The fourth-order valence-electron chi connectivity index (χ4n) is 3.52. The summed E-state index contributed by atoms with van der Waals surface area (Å²) in [6.45, 7) is 5.60. The van der Waals surface area contributed by atoms with E-state index in [0.717, 1.165) is 22.6 Å². The minimum Gasteiger partial charge on any atom is -0.457 e. The molecule has 6 nitrogen and oxygen atoms in total. The van der Waals surface area contributed by atoms with Gasteiger partial charge in [0.15, 0.2) is 5.69 Å². The molecule has 1 heterocycles. The summed E-state index contributed by atoms with van der Waals surface area (Å²) in [5, 5.41) is 2.78. The first-order valence-electron chi connectivity index (χ1n) is 11.5. The SMILES string of the molecule is CC(C)N(Cc1cccc(Oc2ccccc2)c1)Cc1nc(C(=O)NCc2ccc(F)cc2)co1. The summed E-state index contributed by atoms with van der Waals surface area (Å²) < 4.78 is 24.6. The number of oxazole rings is 1. The molecule has 180 valence electrons. The fourth-order valence-corrected chi connectivity index (χ4v) is 3.52. The van der Waals surface area contributed by atoms with Crippen molar-refractivity contribution in [3.63, 3.8) is 0 Å². The molecule has 0 saturated heterocycles. The van der Waals surface area contributed by atoms with E-state index >= 15 is 0 Å². The van der Waals surface area contributed by atoms with Gasteiger partial charge in [-0.15, -0.1) is 0 Å². The van der Waals surface area contributed by atoms with Crippen molar-refractivity contribution in [2.45, 2.75) is 39.5 Å². The topological polar surface area (TPSA) is 67.6 Å². The zero-order valence-electron chi connectivity index (χ0n) is 19.8. The Kier molecular flexibility index (Phi) is 7.90. The van der Waals surface area contributed by atoms with E-state index in [0.29, 0.717) is 19.0 Å². The Morgan fingerprint density at radius 3 is 2.46 bits per heavy atom. The molecule has 0 radical (unpaired) electrons. The third-order valence-electron chi connectivity index (χ3n) is 5.48. The van der Waals surface area contributed by atoms with Crippen LogP contribution < -0.4 is 10.1 Å². The number of nitrogens with zero attached hydrogens (tertiary/aromatic N) is 2. The normalized spacial score (nSPS) is 11.1. The molecule has 0 bridgehead atoms. The Hall–Kier alpha value is -3.97. The van der Waals surface area contributed by atoms with Gasteiger partial charge in [0.05, 0.1) is 6.54 Å². The molecule has 35 heavy (non-hydrogen) atoms. The van der Waals surface area contributed by atoms with Crippen LogP contribution in [-0.2, 0) is 19.6 Å². The molecule has 0 aliphatic rings. The van der Waals surface area contributed by atoms with Crippen LogP contribution in [-0.4, -0.2) is 21.8 Å². The molecule has 4 rings (SSSR count). The lowest BCUT2D eigenvalue weighted by molar-refractivity contribution is 0.0945. The van der Waals surface area contributed by atoms with Gasteiger partial charge in [-0.2, -0.15) is 0 Å². The number of carbonyl (C=O) groups excluding carboxylic acids is 1. The van der Waals surface area contributed by atoms with Crippen molar-refractivity contribution >= 4 is 5.91 Å². The first-order chi connectivity index (χ1) is 17.0. The third kappa shape index (κ3) is 7.01. The van der Waals surface area contributed by atoms with E-state index in [9.17, 15) is 9.18 Å². The van der Waals surface area contributed by atoms with E-state index in [-0.39, 0.29) is 30.0 Å². The zero-order chi connectivity index (χ0) is 24.6. The standard InChI is InChI=1S/C28H28FN3O3/c1-20(2)32(17-22-7-6-10-25(15-22)35-24-8-4-3-5-9-24)18-27-31-26(19-34-27)28(33)30-16-21-11-13-23(29)14-12-21/h3-15,19-20H,16-18H2,1-2H3,(H,30,33). The molecule has 4 aromatic rings. The Bertz CT molecular complexity index is 1240. The van der Waals surface area contributed by atoms with E-state index < -0.39 is 0 Å². The molecule has 0 aliphatic heterocycles. The van der Waals surface area contributed by atoms with Crippen molar-refractivity contribution in [2.24, 2.45) is 0 Å². The number of rotatable bonds is 10. The van der Waals surface area contributed by atoms with Crippen molar-refractivity contribution < 1.29 is 18.3 Å². The number of carbonyl (C=O) groups is 1. The van der Waals surface area contributed by atoms with Crippen molar-refractivity contribution in [2.75, 3.05) is 0 Å². The second kappa shape index (κ2) is 11.4. The van der Waals surface area contributed by atoms with Crippen molar-refractivity contribution in [3.8, 4) is 11.5 Å². The van der Waals surface area contributed by atoms with Gasteiger partial charge >= 0.3 is 0 Å². The monoisotopic (exact) mass is 473 g/mol. The van der Waals surface area contributed by atoms with Gasteiger partial charge in [-0.25, -0.2) is 9.37 Å². The molecule has 0 atom stereocenters. The van der Waals surface area contributed by atoms with Crippen LogP contribution in [0.1, 0.15) is 41.4 Å². The molecule has 7 heteroatoms. The Morgan fingerprint density at radius 1 is 0.971 bits per heavy atom. The van der Waals surface area contributed by atoms with Gasteiger partial charge in [0.1, 0.15) is 23.6 Å². The van der Waals surface area contributed by atoms with Gasteiger partial charge in [0, 0.05) is 19.1 Å². The van der Waals surface area contributed by atoms with E-state index in [2.05, 4.69) is 35.1 Å². The average molecular weight is 474 g/mol. The van der Waals surface area contributed by atoms with Gasteiger partial charge in [-0.05, 0) is 61.4 Å². The van der Waals surface area contributed by atoms with Crippen LogP contribution in [0, 0.1) is 5.82 Å². The number of amides is 1. The number of halogens is 1. The smallest absolute Gasteiger partial charge is 0.273 e. The number of hydrogen-bond donors (Lipinski definition) is 1. The van der Waals surface area contributed by atoms with Gasteiger partial charge in [-0.3, -0.25) is 9.69 Å². The predicted molar refractivity (Wildman–Crippen MR) is 131 cm³/mol. The molecular weight excluding hydrogens is 445 g/mol. The molecule has 0 saturated carbocycles. The summed E-state index contributed by atoms with van der Waals surface area (Å²) >= 11 is 0. The van der Waals surface area contributed by atoms with E-state index in [4.69, 9.17) is 9.15 Å². The van der Waals surface area contributed by atoms with Crippen molar-refractivity contribution in [1.29, 1.82) is 0 Å². The molecular formula is C28H28FN3O3. The van der Waals surface area contributed by atoms with Crippen LogP contribution in [0.25, 0.3) is 0 Å². The minimum atomic E-state index is -0.341. The summed E-state index contributed by atoms with van der Waals surface area (Å²) in [5.41, 5.74) is 2.10. The van der Waals surface area contributed by atoms with E-state index in [1.54, 1.807) is 12.1 Å². The predicted octanol–water partition coefficient (Wildman–Crippen LogP) is 5.95. The van der Waals surface area contributed by atoms with Crippen LogP contribution in [0.4, 0.5) is 4.39 Å². The summed E-state index contributed by atoms with van der Waals surface area (Å²) in [5.74, 6) is 1.36. The highest BCUT2D eigenvalue weighted by molar-refractivity contribution is 5.91. The number of ether oxygens (including phenoxy) is 1. The highest BCUT2D eigenvalue weighted by atomic mass is 19.1. The third-order valence-corrected chi connectivity index (χ3v) is 5.48.